The molecule has 0 amide bonds. The fourth-order valence-corrected chi connectivity index (χ4v) is 0.636. The first-order valence-electron chi connectivity index (χ1n) is 3.52. The van der Waals surface area contributed by atoms with Gasteiger partial charge in [-0.2, -0.15) is 0 Å². The Bertz CT molecular complexity index is 76.6. The van der Waals surface area contributed by atoms with Crippen LogP contribution in [0, 0.1) is 6.42 Å². The van der Waals surface area contributed by atoms with E-state index in [0.717, 1.165) is 12.1 Å². The van der Waals surface area contributed by atoms with Crippen molar-refractivity contribution in [1.29, 1.82) is 0 Å². The molecule has 0 saturated carbocycles. The highest BCUT2D eigenvalue weighted by molar-refractivity contribution is 4.91. The molecule has 0 heterocycles. The topological polar surface area (TPSA) is 26.0 Å². The molecule has 9 heavy (non-hydrogen) atoms. The van der Waals surface area contributed by atoms with E-state index in [1.807, 2.05) is 0 Å². The minimum absolute atomic E-state index is 0.770. The van der Waals surface area contributed by atoms with Gasteiger partial charge in [0.15, 0.2) is 0 Å². The molecule has 2 N–H and O–H groups in total. The lowest BCUT2D eigenvalue weighted by Gasteiger charge is -1.96. The van der Waals surface area contributed by atoms with Crippen LogP contribution in [0.25, 0.3) is 0 Å². The number of unbranched alkanes of at least 4 members (excludes halogenated alkanes) is 3. The third-order valence-electron chi connectivity index (χ3n) is 1.17. The summed E-state index contributed by atoms with van der Waals surface area (Å²) in [4.78, 5) is 0. The molecule has 1 heteroatoms. The Hall–Kier alpha value is -0.460. The molecule has 0 bridgehead atoms. The van der Waals surface area contributed by atoms with Crippen LogP contribution in [0.4, 0.5) is 0 Å². The summed E-state index contributed by atoms with van der Waals surface area (Å²) in [6.45, 7) is 5.78. The van der Waals surface area contributed by atoms with Crippen LogP contribution in [0.15, 0.2) is 12.3 Å². The summed E-state index contributed by atoms with van der Waals surface area (Å²) in [6.07, 6.45) is 6.76. The number of nitrogens with two attached hydrogens (primary N) is 1. The maximum atomic E-state index is 5.35. The second-order valence-corrected chi connectivity index (χ2v) is 2.29. The van der Waals surface area contributed by atoms with E-state index in [1.165, 1.54) is 19.3 Å². The molecule has 0 unspecified atom stereocenters. The fraction of sp³-hybridized carbons (Fsp3) is 0.625. The van der Waals surface area contributed by atoms with Crippen LogP contribution < -0.4 is 5.73 Å². The zero-order chi connectivity index (χ0) is 7.11. The third-order valence-corrected chi connectivity index (χ3v) is 1.17. The van der Waals surface area contributed by atoms with E-state index in [2.05, 4.69) is 19.9 Å². The van der Waals surface area contributed by atoms with Gasteiger partial charge in [-0.05, 0) is 19.3 Å². The van der Waals surface area contributed by atoms with E-state index < -0.39 is 0 Å². The summed E-state index contributed by atoms with van der Waals surface area (Å²) in [5, 5.41) is 0. The Balaban J connectivity index is 2.83. The molecule has 1 radical (unpaired) electrons. The summed E-state index contributed by atoms with van der Waals surface area (Å²) >= 11 is 0. The molecule has 0 atom stereocenters. The molecule has 0 spiro atoms. The second kappa shape index (κ2) is 5.67. The maximum Gasteiger partial charge on any atom is 0.00103 e. The molecule has 1 nitrogen and oxygen atoms in total. The van der Waals surface area contributed by atoms with Crippen molar-refractivity contribution in [1.82, 2.24) is 0 Å². The van der Waals surface area contributed by atoms with Gasteiger partial charge in [0.1, 0.15) is 0 Å². The van der Waals surface area contributed by atoms with Crippen molar-refractivity contribution in [2.24, 2.45) is 5.73 Å². The largest absolute Gasteiger partial charge is 0.403 e. The van der Waals surface area contributed by atoms with E-state index in [1.54, 1.807) is 0 Å². The van der Waals surface area contributed by atoms with Crippen molar-refractivity contribution >= 4 is 0 Å². The van der Waals surface area contributed by atoms with E-state index >= 15 is 0 Å². The minimum Gasteiger partial charge on any atom is -0.403 e. The average molecular weight is 126 g/mol. The first kappa shape index (κ1) is 8.54. The SMILES string of the molecule is C=C(N)C[CH]CCCC. The van der Waals surface area contributed by atoms with Crippen LogP contribution in [-0.2, 0) is 0 Å². The highest BCUT2D eigenvalue weighted by Crippen LogP contribution is 2.02. The van der Waals surface area contributed by atoms with Gasteiger partial charge in [0.2, 0.25) is 0 Å². The van der Waals surface area contributed by atoms with Crippen molar-refractivity contribution in [3.8, 4) is 0 Å². The Morgan fingerprint density at radius 1 is 1.67 bits per heavy atom. The van der Waals surface area contributed by atoms with Crippen molar-refractivity contribution in [3.63, 3.8) is 0 Å². The molecule has 0 aromatic heterocycles. The lowest BCUT2D eigenvalue weighted by molar-refractivity contribution is 0.764. The van der Waals surface area contributed by atoms with E-state index in [4.69, 9.17) is 5.73 Å². The van der Waals surface area contributed by atoms with Gasteiger partial charge in [-0.3, -0.25) is 0 Å². The van der Waals surface area contributed by atoms with Crippen molar-refractivity contribution < 1.29 is 0 Å². The molecule has 0 aromatic carbocycles. The summed E-state index contributed by atoms with van der Waals surface area (Å²) in [5.41, 5.74) is 6.12. The predicted molar refractivity (Wildman–Crippen MR) is 41.8 cm³/mol. The molecular formula is C8H16N. The molecule has 0 rings (SSSR count). The standard InChI is InChI=1S/C8H16N/c1-3-4-5-6-7-8(2)9/h6H,2-5,7,9H2,1H3. The number of rotatable bonds is 5. The van der Waals surface area contributed by atoms with Gasteiger partial charge in [-0.1, -0.05) is 26.3 Å². The van der Waals surface area contributed by atoms with Crippen LogP contribution in [0.5, 0.6) is 0 Å². The Morgan fingerprint density at radius 3 is 2.78 bits per heavy atom. The summed E-state index contributed by atoms with van der Waals surface area (Å²) in [6, 6.07) is 0. The van der Waals surface area contributed by atoms with Gasteiger partial charge in [0.25, 0.3) is 0 Å². The Labute approximate surface area is 57.9 Å². The maximum absolute atomic E-state index is 5.35. The van der Waals surface area contributed by atoms with Crippen LogP contribution in [0.1, 0.15) is 32.6 Å². The zero-order valence-electron chi connectivity index (χ0n) is 6.19. The molecule has 0 fully saturated rings. The second-order valence-electron chi connectivity index (χ2n) is 2.29. The van der Waals surface area contributed by atoms with Crippen molar-refractivity contribution in [2.75, 3.05) is 0 Å². The minimum atomic E-state index is 0.770. The number of hydrogen-bond acceptors (Lipinski definition) is 1. The fourth-order valence-electron chi connectivity index (χ4n) is 0.636. The van der Waals surface area contributed by atoms with Gasteiger partial charge < -0.3 is 5.73 Å². The van der Waals surface area contributed by atoms with Crippen LogP contribution in [-0.4, -0.2) is 0 Å². The highest BCUT2D eigenvalue weighted by Gasteiger charge is 1.87. The number of allylic oxidation sites excluding steroid dienone is 1. The van der Waals surface area contributed by atoms with Crippen LogP contribution in [0.2, 0.25) is 0 Å². The zero-order valence-corrected chi connectivity index (χ0v) is 6.19. The van der Waals surface area contributed by atoms with Gasteiger partial charge >= 0.3 is 0 Å². The molecule has 0 aliphatic carbocycles. The van der Waals surface area contributed by atoms with Crippen molar-refractivity contribution in [3.05, 3.63) is 18.7 Å². The molecule has 53 valence electrons. The summed E-state index contributed by atoms with van der Waals surface area (Å²) in [7, 11) is 0. The van der Waals surface area contributed by atoms with Gasteiger partial charge in [0.05, 0.1) is 0 Å². The van der Waals surface area contributed by atoms with Crippen LogP contribution in [0.3, 0.4) is 0 Å². The lowest BCUT2D eigenvalue weighted by atomic mass is 10.1. The van der Waals surface area contributed by atoms with Crippen molar-refractivity contribution in [2.45, 2.75) is 32.6 Å². The quantitative estimate of drug-likeness (QED) is 0.562. The monoisotopic (exact) mass is 126 g/mol. The van der Waals surface area contributed by atoms with Gasteiger partial charge in [-0.25, -0.2) is 0 Å². The molecule has 0 aliphatic rings. The number of hydrogen-bond donors (Lipinski definition) is 1. The van der Waals surface area contributed by atoms with Gasteiger partial charge in [0, 0.05) is 5.70 Å². The predicted octanol–water partition coefficient (Wildman–Crippen LogP) is 2.24. The first-order chi connectivity index (χ1) is 4.27. The summed E-state index contributed by atoms with van der Waals surface area (Å²) in [5.74, 6) is 0. The van der Waals surface area contributed by atoms with E-state index in [-0.39, 0.29) is 0 Å². The average Bonchev–Trinajstić information content (AvgIpc) is 1.80. The van der Waals surface area contributed by atoms with Crippen LogP contribution >= 0.6 is 0 Å². The Kier molecular flexibility index (Phi) is 5.38. The highest BCUT2D eigenvalue weighted by atomic mass is 14.5. The lowest BCUT2D eigenvalue weighted by Crippen LogP contribution is -1.94. The van der Waals surface area contributed by atoms with Gasteiger partial charge in [-0.15, -0.1) is 0 Å². The molecular weight excluding hydrogens is 110 g/mol. The van der Waals surface area contributed by atoms with E-state index in [0.29, 0.717) is 0 Å². The normalized spacial score (nSPS) is 9.44. The van der Waals surface area contributed by atoms with E-state index in [9.17, 15) is 0 Å². The summed E-state index contributed by atoms with van der Waals surface area (Å²) < 4.78 is 0. The molecule has 0 aromatic rings. The third kappa shape index (κ3) is 7.54. The Morgan fingerprint density at radius 2 is 2.33 bits per heavy atom. The first-order valence-corrected chi connectivity index (χ1v) is 3.52. The molecule has 0 aliphatic heterocycles. The smallest absolute Gasteiger partial charge is 0.00103 e. The molecule has 0 saturated heterocycles.